The predicted molar refractivity (Wildman–Crippen MR) is 105 cm³/mol. The maximum atomic E-state index is 13.0. The van der Waals surface area contributed by atoms with Crippen LogP contribution < -0.4 is 5.43 Å². The van der Waals surface area contributed by atoms with Crippen molar-refractivity contribution in [1.29, 1.82) is 0 Å². The lowest BCUT2D eigenvalue weighted by Crippen LogP contribution is -2.39. The average Bonchev–Trinajstić information content (AvgIpc) is 2.63. The van der Waals surface area contributed by atoms with Gasteiger partial charge >= 0.3 is 0 Å². The summed E-state index contributed by atoms with van der Waals surface area (Å²) in [6.45, 7) is 2.73. The predicted octanol–water partition coefficient (Wildman–Crippen LogP) is 4.43. The van der Waals surface area contributed by atoms with E-state index >= 15 is 0 Å². The molecule has 4 heteroatoms. The van der Waals surface area contributed by atoms with Crippen LogP contribution in [-0.2, 0) is 17.9 Å². The van der Waals surface area contributed by atoms with E-state index in [0.717, 1.165) is 30.4 Å². The minimum absolute atomic E-state index is 0.0561. The molecule has 0 atom stereocenters. The standard InChI is InChI=1S/C23H23NO3/c1-16-10-11-21-20(12-16)22(25)19(15-27-21)14-24(23(26)18-8-5-9-18)13-17-6-3-2-4-7-17/h2-4,6-7,10-12,15,18H,5,8-9,13-14H2,1H3. The third kappa shape index (κ3) is 3.65. The number of amides is 1. The summed E-state index contributed by atoms with van der Waals surface area (Å²) in [6.07, 6.45) is 4.49. The topological polar surface area (TPSA) is 50.5 Å². The highest BCUT2D eigenvalue weighted by Gasteiger charge is 2.30. The molecule has 0 aliphatic heterocycles. The molecule has 0 radical (unpaired) electrons. The minimum atomic E-state index is -0.0561. The molecule has 27 heavy (non-hydrogen) atoms. The van der Waals surface area contributed by atoms with Gasteiger partial charge in [-0.2, -0.15) is 0 Å². The van der Waals surface area contributed by atoms with E-state index in [9.17, 15) is 9.59 Å². The zero-order valence-corrected chi connectivity index (χ0v) is 15.5. The summed E-state index contributed by atoms with van der Waals surface area (Å²) >= 11 is 0. The molecule has 1 heterocycles. The van der Waals surface area contributed by atoms with E-state index < -0.39 is 0 Å². The number of benzene rings is 2. The summed E-state index contributed by atoms with van der Waals surface area (Å²) in [5, 5.41) is 0.572. The molecule has 138 valence electrons. The van der Waals surface area contributed by atoms with Crippen LogP contribution in [0.4, 0.5) is 0 Å². The van der Waals surface area contributed by atoms with E-state index in [1.54, 1.807) is 4.90 Å². The quantitative estimate of drug-likeness (QED) is 0.675. The lowest BCUT2D eigenvalue weighted by molar-refractivity contribution is -0.139. The van der Waals surface area contributed by atoms with Crippen molar-refractivity contribution in [2.45, 2.75) is 39.3 Å². The Kier molecular flexibility index (Phi) is 4.80. The van der Waals surface area contributed by atoms with Crippen LogP contribution in [0.2, 0.25) is 0 Å². The van der Waals surface area contributed by atoms with Crippen LogP contribution in [0.3, 0.4) is 0 Å². The van der Waals surface area contributed by atoms with E-state index in [-0.39, 0.29) is 23.8 Å². The van der Waals surface area contributed by atoms with Crippen molar-refractivity contribution in [3.63, 3.8) is 0 Å². The third-order valence-corrected chi connectivity index (χ3v) is 5.34. The zero-order valence-electron chi connectivity index (χ0n) is 15.5. The van der Waals surface area contributed by atoms with Crippen molar-refractivity contribution in [1.82, 2.24) is 4.90 Å². The Balaban J connectivity index is 1.66. The van der Waals surface area contributed by atoms with Gasteiger partial charge in [0.2, 0.25) is 5.91 Å². The second-order valence-electron chi connectivity index (χ2n) is 7.40. The molecule has 3 aromatic rings. The molecule has 1 saturated carbocycles. The maximum absolute atomic E-state index is 13.0. The molecule has 4 rings (SSSR count). The molecule has 0 bridgehead atoms. The number of nitrogens with zero attached hydrogens (tertiary/aromatic N) is 1. The molecule has 1 aliphatic carbocycles. The maximum Gasteiger partial charge on any atom is 0.226 e. The van der Waals surface area contributed by atoms with Crippen LogP contribution in [-0.4, -0.2) is 10.8 Å². The third-order valence-electron chi connectivity index (χ3n) is 5.34. The van der Waals surface area contributed by atoms with Gasteiger partial charge in [-0.1, -0.05) is 48.4 Å². The first-order valence-electron chi connectivity index (χ1n) is 9.45. The summed E-state index contributed by atoms with van der Waals surface area (Å²) in [7, 11) is 0. The lowest BCUT2D eigenvalue weighted by Gasteiger charge is -2.31. The summed E-state index contributed by atoms with van der Waals surface area (Å²) in [5.41, 5.74) is 3.12. The summed E-state index contributed by atoms with van der Waals surface area (Å²) in [5.74, 6) is 0.220. The van der Waals surface area contributed by atoms with E-state index in [4.69, 9.17) is 4.42 Å². The Labute approximate surface area is 158 Å². The summed E-state index contributed by atoms with van der Waals surface area (Å²) in [6, 6.07) is 15.5. The fraction of sp³-hybridized carbons (Fsp3) is 0.304. The van der Waals surface area contributed by atoms with Crippen molar-refractivity contribution in [3.8, 4) is 0 Å². The van der Waals surface area contributed by atoms with Crippen molar-refractivity contribution >= 4 is 16.9 Å². The molecule has 0 N–H and O–H groups in total. The number of aryl methyl sites for hydroxylation is 1. The SMILES string of the molecule is Cc1ccc2occ(CN(Cc3ccccc3)C(=O)C3CCC3)c(=O)c2c1. The van der Waals surface area contributed by atoms with Crippen molar-refractivity contribution in [3.05, 3.63) is 81.7 Å². The Bertz CT molecular complexity index is 1020. The normalized spacial score (nSPS) is 14.1. The van der Waals surface area contributed by atoms with Gasteiger partial charge in [-0.05, 0) is 37.5 Å². The van der Waals surface area contributed by atoms with Crippen LogP contribution in [0.5, 0.6) is 0 Å². The van der Waals surface area contributed by atoms with Crippen LogP contribution in [0.25, 0.3) is 11.0 Å². The Morgan fingerprint density at radius 3 is 2.59 bits per heavy atom. The number of carbonyl (C=O) groups excluding carboxylic acids is 1. The number of hydrogen-bond donors (Lipinski definition) is 0. The molecule has 2 aromatic carbocycles. The monoisotopic (exact) mass is 361 g/mol. The molecular formula is C23H23NO3. The van der Waals surface area contributed by atoms with Crippen LogP contribution >= 0.6 is 0 Å². The molecule has 1 aromatic heterocycles. The fourth-order valence-electron chi connectivity index (χ4n) is 3.53. The first kappa shape index (κ1) is 17.5. The Morgan fingerprint density at radius 2 is 1.89 bits per heavy atom. The highest BCUT2D eigenvalue weighted by atomic mass is 16.3. The van der Waals surface area contributed by atoms with E-state index in [2.05, 4.69) is 0 Å². The molecule has 1 fully saturated rings. The largest absolute Gasteiger partial charge is 0.464 e. The van der Waals surface area contributed by atoms with Crippen molar-refractivity contribution in [2.24, 2.45) is 5.92 Å². The highest BCUT2D eigenvalue weighted by Crippen LogP contribution is 2.29. The number of rotatable bonds is 5. The summed E-state index contributed by atoms with van der Waals surface area (Å²) < 4.78 is 5.67. The highest BCUT2D eigenvalue weighted by molar-refractivity contribution is 5.80. The Hall–Kier alpha value is -2.88. The zero-order chi connectivity index (χ0) is 18.8. The van der Waals surface area contributed by atoms with Gasteiger partial charge in [0.1, 0.15) is 5.58 Å². The number of fused-ring (bicyclic) bond motifs is 1. The second-order valence-corrected chi connectivity index (χ2v) is 7.40. The molecule has 1 amide bonds. The van der Waals surface area contributed by atoms with Crippen molar-refractivity contribution < 1.29 is 9.21 Å². The second kappa shape index (κ2) is 7.39. The molecule has 0 unspecified atom stereocenters. The summed E-state index contributed by atoms with van der Waals surface area (Å²) in [4.78, 5) is 27.7. The van der Waals surface area contributed by atoms with Gasteiger partial charge in [0.05, 0.1) is 23.8 Å². The van der Waals surface area contributed by atoms with Gasteiger partial charge in [-0.3, -0.25) is 9.59 Å². The van der Waals surface area contributed by atoms with Gasteiger partial charge in [-0.15, -0.1) is 0 Å². The van der Waals surface area contributed by atoms with E-state index in [1.165, 1.54) is 6.26 Å². The van der Waals surface area contributed by atoms with Crippen LogP contribution in [0.15, 0.2) is 64.0 Å². The smallest absolute Gasteiger partial charge is 0.226 e. The van der Waals surface area contributed by atoms with Gasteiger partial charge in [0.15, 0.2) is 5.43 Å². The lowest BCUT2D eigenvalue weighted by atomic mass is 9.84. The first-order chi connectivity index (χ1) is 13.1. The number of carbonyl (C=O) groups is 1. The Morgan fingerprint density at radius 1 is 1.11 bits per heavy atom. The van der Waals surface area contributed by atoms with Crippen molar-refractivity contribution in [2.75, 3.05) is 0 Å². The van der Waals surface area contributed by atoms with Crippen LogP contribution in [0.1, 0.15) is 36.0 Å². The molecular weight excluding hydrogens is 338 g/mol. The molecule has 4 nitrogen and oxygen atoms in total. The van der Waals surface area contributed by atoms with Gasteiger partial charge in [0, 0.05) is 12.5 Å². The average molecular weight is 361 g/mol. The fourth-order valence-corrected chi connectivity index (χ4v) is 3.53. The van der Waals surface area contributed by atoms with E-state index in [0.29, 0.717) is 23.1 Å². The molecule has 0 saturated heterocycles. The number of hydrogen-bond acceptors (Lipinski definition) is 3. The molecule has 0 spiro atoms. The van der Waals surface area contributed by atoms with Gasteiger partial charge < -0.3 is 9.32 Å². The first-order valence-corrected chi connectivity index (χ1v) is 9.45. The minimum Gasteiger partial charge on any atom is -0.464 e. The molecule has 1 aliphatic rings. The van der Waals surface area contributed by atoms with Gasteiger partial charge in [-0.25, -0.2) is 0 Å². The van der Waals surface area contributed by atoms with E-state index in [1.807, 2.05) is 55.5 Å². The van der Waals surface area contributed by atoms with Crippen LogP contribution in [0, 0.1) is 12.8 Å². The van der Waals surface area contributed by atoms with Gasteiger partial charge in [0.25, 0.3) is 0 Å².